The van der Waals surface area contributed by atoms with E-state index < -0.39 is 21.8 Å². The van der Waals surface area contributed by atoms with Gasteiger partial charge in [-0.15, -0.1) is 0 Å². The van der Waals surface area contributed by atoms with E-state index in [-0.39, 0.29) is 10.1 Å². The van der Waals surface area contributed by atoms with Crippen LogP contribution in [0.5, 0.6) is 0 Å². The van der Waals surface area contributed by atoms with E-state index in [1.165, 1.54) is 6.20 Å². The number of nitrogens with zero attached hydrogens (tertiary/aromatic N) is 1. The molecule has 0 aliphatic rings. The first-order valence-electron chi connectivity index (χ1n) is 8.35. The number of para-hydroxylation sites is 1. The summed E-state index contributed by atoms with van der Waals surface area (Å²) < 4.78 is 34.1. The maximum Gasteiger partial charge on any atom is 0.212 e. The summed E-state index contributed by atoms with van der Waals surface area (Å²) in [5.74, 6) is 0.293. The maximum atomic E-state index is 12.8. The highest BCUT2D eigenvalue weighted by Gasteiger charge is 2.17. The van der Waals surface area contributed by atoms with Gasteiger partial charge in [0.2, 0.25) is 5.09 Å². The van der Waals surface area contributed by atoms with E-state index in [0.29, 0.717) is 22.0 Å². The van der Waals surface area contributed by atoms with Gasteiger partial charge in [0, 0.05) is 17.6 Å². The molecule has 1 N–H and O–H groups in total. The van der Waals surface area contributed by atoms with Gasteiger partial charge in [-0.1, -0.05) is 60.1 Å². The van der Waals surface area contributed by atoms with E-state index >= 15 is 0 Å². The summed E-state index contributed by atoms with van der Waals surface area (Å²) in [6.07, 6.45) is 1.43. The fourth-order valence-corrected chi connectivity index (χ4v) is 4.91. The number of aromatic nitrogens is 1. The van der Waals surface area contributed by atoms with Gasteiger partial charge >= 0.3 is 0 Å². The molecule has 2 atom stereocenters. The first-order chi connectivity index (χ1) is 13.6. The zero-order valence-corrected chi connectivity index (χ0v) is 16.9. The molecular weight excluding hydrogens is 416 g/mol. The molecule has 0 saturated carbocycles. The van der Waals surface area contributed by atoms with Gasteiger partial charge in [0.1, 0.15) is 5.58 Å². The molecule has 0 aliphatic heterocycles. The van der Waals surface area contributed by atoms with Gasteiger partial charge in [-0.25, -0.2) is 9.19 Å². The molecule has 8 heteroatoms. The molecule has 2 aromatic carbocycles. The van der Waals surface area contributed by atoms with Crippen LogP contribution in [0.1, 0.15) is 5.56 Å². The van der Waals surface area contributed by atoms with Crippen molar-refractivity contribution in [3.05, 3.63) is 83.5 Å². The number of nitrogens with one attached hydrogen (secondary N) is 1. The Hall–Kier alpha value is -2.48. The van der Waals surface area contributed by atoms with Crippen LogP contribution in [0.15, 0.2) is 87.5 Å². The van der Waals surface area contributed by atoms with Crippen molar-refractivity contribution in [2.75, 3.05) is 4.72 Å². The van der Waals surface area contributed by atoms with E-state index in [1.54, 1.807) is 18.2 Å². The second kappa shape index (κ2) is 8.26. The number of furan rings is 1. The van der Waals surface area contributed by atoms with E-state index in [0.717, 1.165) is 10.9 Å². The molecule has 0 spiro atoms. The molecule has 2 unspecified atom stereocenters. The minimum absolute atomic E-state index is 0.265. The van der Waals surface area contributed by atoms with Crippen LogP contribution in [0.4, 0.5) is 5.69 Å². The van der Waals surface area contributed by atoms with Crippen LogP contribution in [0.3, 0.4) is 0 Å². The first kappa shape index (κ1) is 18.9. The van der Waals surface area contributed by atoms with Gasteiger partial charge in [-0.2, -0.15) is 0 Å². The van der Waals surface area contributed by atoms with Crippen LogP contribution < -0.4 is 4.72 Å². The highest BCUT2D eigenvalue weighted by Crippen LogP contribution is 2.27. The third-order valence-corrected chi connectivity index (χ3v) is 6.49. The van der Waals surface area contributed by atoms with Crippen molar-refractivity contribution >= 4 is 50.0 Å². The molecule has 5 nitrogen and oxygen atoms in total. The molecule has 0 fully saturated rings. The highest BCUT2D eigenvalue weighted by molar-refractivity contribution is 7.86. The van der Waals surface area contributed by atoms with E-state index in [9.17, 15) is 8.42 Å². The summed E-state index contributed by atoms with van der Waals surface area (Å²) in [5.41, 5.74) is 1.91. The average Bonchev–Trinajstić information content (AvgIpc) is 3.13. The van der Waals surface area contributed by atoms with Crippen LogP contribution in [0, 0.1) is 0 Å². The molecule has 0 aliphatic carbocycles. The van der Waals surface area contributed by atoms with Gasteiger partial charge in [0.25, 0.3) is 0 Å². The lowest BCUT2D eigenvalue weighted by atomic mass is 10.2. The predicted octanol–water partition coefficient (Wildman–Crippen LogP) is 4.92. The summed E-state index contributed by atoms with van der Waals surface area (Å²) in [7, 11) is -3.14. The lowest BCUT2D eigenvalue weighted by Crippen LogP contribution is -2.09. The molecule has 0 amide bonds. The fraction of sp³-hybridized carbons (Fsp3) is 0.0500. The molecule has 2 aromatic heterocycles. The zero-order chi connectivity index (χ0) is 19.5. The lowest BCUT2D eigenvalue weighted by molar-refractivity contribution is 0.504. The summed E-state index contributed by atoms with van der Waals surface area (Å²) >= 11 is 6.05. The van der Waals surface area contributed by atoms with Crippen LogP contribution in [0.2, 0.25) is 5.02 Å². The number of anilines is 1. The molecule has 0 bridgehead atoms. The van der Waals surface area contributed by atoms with Crippen molar-refractivity contribution < 1.29 is 12.8 Å². The summed E-state index contributed by atoms with van der Waals surface area (Å²) in [5, 5.41) is 1.76. The van der Waals surface area contributed by atoms with Gasteiger partial charge in [-0.3, -0.25) is 8.93 Å². The van der Waals surface area contributed by atoms with Gasteiger partial charge in [0.05, 0.1) is 27.3 Å². The standard InChI is InChI=1S/C20H15ClN2O3S2/c21-16-11-17(20(22-12-16)27(24)13-14-6-2-1-3-7-14)23-28(25)19-10-15-8-4-5-9-18(15)26-19/h1-12,23H,13H2. The average molecular weight is 431 g/mol. The number of halogens is 1. The van der Waals surface area contributed by atoms with Crippen LogP contribution >= 0.6 is 11.6 Å². The lowest BCUT2D eigenvalue weighted by Gasteiger charge is -2.10. The van der Waals surface area contributed by atoms with Gasteiger partial charge in [0.15, 0.2) is 16.0 Å². The Morgan fingerprint density at radius 3 is 2.54 bits per heavy atom. The van der Waals surface area contributed by atoms with Gasteiger partial charge < -0.3 is 4.42 Å². The number of rotatable bonds is 6. The quantitative estimate of drug-likeness (QED) is 0.471. The Labute approximate surface area is 171 Å². The second-order valence-electron chi connectivity index (χ2n) is 5.96. The molecule has 142 valence electrons. The van der Waals surface area contributed by atoms with E-state index in [1.807, 2.05) is 48.5 Å². The van der Waals surface area contributed by atoms with Crippen molar-refractivity contribution in [3.63, 3.8) is 0 Å². The van der Waals surface area contributed by atoms with E-state index in [4.69, 9.17) is 16.0 Å². The Bertz CT molecular complexity index is 1150. The number of hydrogen-bond acceptors (Lipinski definition) is 4. The Morgan fingerprint density at radius 1 is 1.00 bits per heavy atom. The molecule has 2 heterocycles. The van der Waals surface area contributed by atoms with Crippen LogP contribution in [-0.4, -0.2) is 13.4 Å². The smallest absolute Gasteiger partial charge is 0.212 e. The predicted molar refractivity (Wildman–Crippen MR) is 112 cm³/mol. The minimum Gasteiger partial charge on any atom is -0.445 e. The monoisotopic (exact) mass is 430 g/mol. The Balaban J connectivity index is 1.61. The molecule has 4 rings (SSSR count). The number of pyridine rings is 1. The largest absolute Gasteiger partial charge is 0.445 e. The SMILES string of the molecule is O=S(Cc1ccccc1)c1ncc(Cl)cc1NS(=O)c1cc2ccccc2o1. The van der Waals surface area contributed by atoms with Crippen LogP contribution in [0.25, 0.3) is 11.0 Å². The Kier molecular flexibility index (Phi) is 5.57. The van der Waals surface area contributed by atoms with Crippen molar-refractivity contribution in [3.8, 4) is 0 Å². The number of fused-ring (bicyclic) bond motifs is 1. The molecule has 4 aromatic rings. The normalized spacial score (nSPS) is 13.3. The maximum absolute atomic E-state index is 12.8. The van der Waals surface area contributed by atoms with E-state index in [2.05, 4.69) is 9.71 Å². The first-order valence-corrected chi connectivity index (χ1v) is 11.2. The van der Waals surface area contributed by atoms with Crippen molar-refractivity contribution in [1.82, 2.24) is 4.98 Å². The molecule has 0 saturated heterocycles. The van der Waals surface area contributed by atoms with Crippen molar-refractivity contribution in [2.45, 2.75) is 15.9 Å². The molecule has 28 heavy (non-hydrogen) atoms. The van der Waals surface area contributed by atoms with Crippen molar-refractivity contribution in [2.24, 2.45) is 0 Å². The van der Waals surface area contributed by atoms with Crippen LogP contribution in [-0.2, 0) is 27.5 Å². The van der Waals surface area contributed by atoms with Gasteiger partial charge in [-0.05, 0) is 17.7 Å². The zero-order valence-electron chi connectivity index (χ0n) is 14.5. The summed E-state index contributed by atoms with van der Waals surface area (Å²) in [4.78, 5) is 4.20. The highest BCUT2D eigenvalue weighted by atomic mass is 35.5. The minimum atomic E-state index is -1.70. The Morgan fingerprint density at radius 2 is 1.75 bits per heavy atom. The second-order valence-corrected chi connectivity index (χ2v) is 8.90. The molecule has 0 radical (unpaired) electrons. The summed E-state index contributed by atoms with van der Waals surface area (Å²) in [6.45, 7) is 0. The number of hydrogen-bond donors (Lipinski definition) is 1. The molecular formula is C20H15ClN2O3S2. The fourth-order valence-electron chi connectivity index (χ4n) is 2.67. The third kappa shape index (κ3) is 4.16. The topological polar surface area (TPSA) is 72.2 Å². The third-order valence-electron chi connectivity index (χ3n) is 3.96. The van der Waals surface area contributed by atoms with Crippen molar-refractivity contribution in [1.29, 1.82) is 0 Å². The summed E-state index contributed by atoms with van der Waals surface area (Å²) in [6, 6.07) is 20.1. The number of benzene rings is 2.